The van der Waals surface area contributed by atoms with Crippen molar-refractivity contribution >= 4 is 35.0 Å². The molecule has 1 fully saturated rings. The zero-order valence-electron chi connectivity index (χ0n) is 9.08. The van der Waals surface area contributed by atoms with E-state index in [-0.39, 0.29) is 22.6 Å². The van der Waals surface area contributed by atoms with Crippen LogP contribution in [-0.4, -0.2) is 23.3 Å². The van der Waals surface area contributed by atoms with Gasteiger partial charge in [-0.05, 0) is 36.4 Å². The second-order valence-corrected chi connectivity index (χ2v) is 5.46. The number of benzene rings is 1. The first kappa shape index (κ1) is 13.5. The molecular weight excluding hydrogens is 287 g/mol. The Morgan fingerprint density at radius 2 is 2.11 bits per heavy atom. The number of anilines is 1. The van der Waals surface area contributed by atoms with Gasteiger partial charge in [0.25, 0.3) is 0 Å². The summed E-state index contributed by atoms with van der Waals surface area (Å²) in [6.45, 7) is 0.438. The molecule has 1 aliphatic rings. The highest BCUT2D eigenvalue weighted by Gasteiger charge is 2.32. The third kappa shape index (κ3) is 3.11. The number of hydrogen-bond donors (Lipinski definition) is 0. The highest BCUT2D eigenvalue weighted by molar-refractivity contribution is 8.00. The third-order valence-electron chi connectivity index (χ3n) is 2.50. The molecule has 1 atom stereocenters. The molecule has 1 amide bonds. The van der Waals surface area contributed by atoms with Gasteiger partial charge in [-0.25, -0.2) is 0 Å². The van der Waals surface area contributed by atoms with Crippen molar-refractivity contribution in [1.82, 2.24) is 0 Å². The molecule has 2 rings (SSSR count). The van der Waals surface area contributed by atoms with Crippen LogP contribution in [0.25, 0.3) is 0 Å². The fourth-order valence-electron chi connectivity index (χ4n) is 1.75. The van der Waals surface area contributed by atoms with Crippen molar-refractivity contribution in [3.8, 4) is 0 Å². The minimum atomic E-state index is -4.33. The average molecular weight is 296 g/mol. The molecular formula is C11H9ClF3NOS. The topological polar surface area (TPSA) is 20.3 Å². The van der Waals surface area contributed by atoms with Gasteiger partial charge < -0.3 is 4.90 Å². The van der Waals surface area contributed by atoms with Gasteiger partial charge in [-0.2, -0.15) is 13.2 Å². The van der Waals surface area contributed by atoms with E-state index in [1.165, 1.54) is 23.1 Å². The summed E-state index contributed by atoms with van der Waals surface area (Å²) in [6.07, 6.45) is 0.511. The first-order valence-corrected chi connectivity index (χ1v) is 6.43. The van der Waals surface area contributed by atoms with Crippen molar-refractivity contribution < 1.29 is 18.0 Å². The zero-order chi connectivity index (χ0) is 13.3. The maximum atomic E-state index is 12.3. The molecule has 18 heavy (non-hydrogen) atoms. The molecule has 1 aromatic rings. The molecule has 0 aromatic heterocycles. The minimum Gasteiger partial charge on any atom is -0.311 e. The standard InChI is InChI=1S/C11H9ClF3NOS/c12-9-4-5-16(10(9)17)7-2-1-3-8(6-7)18-11(13,14)15/h1-3,6,9H,4-5H2. The van der Waals surface area contributed by atoms with Crippen LogP contribution in [0.1, 0.15) is 6.42 Å². The summed E-state index contributed by atoms with van der Waals surface area (Å²) in [6, 6.07) is 5.82. The smallest absolute Gasteiger partial charge is 0.311 e. The first-order chi connectivity index (χ1) is 8.37. The van der Waals surface area contributed by atoms with Gasteiger partial charge in [-0.3, -0.25) is 4.79 Å². The van der Waals surface area contributed by atoms with E-state index in [1.54, 1.807) is 6.07 Å². The van der Waals surface area contributed by atoms with Gasteiger partial charge in [-0.15, -0.1) is 11.6 Å². The van der Waals surface area contributed by atoms with Gasteiger partial charge in [0, 0.05) is 17.1 Å². The molecule has 98 valence electrons. The van der Waals surface area contributed by atoms with Gasteiger partial charge in [-0.1, -0.05) is 6.07 Å². The molecule has 2 nitrogen and oxygen atoms in total. The Morgan fingerprint density at radius 1 is 1.39 bits per heavy atom. The first-order valence-electron chi connectivity index (χ1n) is 5.18. The Hall–Kier alpha value is -0.880. The molecule has 1 saturated heterocycles. The fourth-order valence-corrected chi connectivity index (χ4v) is 2.56. The Bertz CT molecular complexity index is 466. The van der Waals surface area contributed by atoms with Crippen LogP contribution in [0.2, 0.25) is 0 Å². The number of nitrogens with zero attached hydrogens (tertiary/aromatic N) is 1. The predicted molar refractivity (Wildman–Crippen MR) is 65.0 cm³/mol. The van der Waals surface area contributed by atoms with Crippen LogP contribution in [0.4, 0.5) is 18.9 Å². The summed E-state index contributed by atoms with van der Waals surface area (Å²) in [5.41, 5.74) is -3.87. The lowest BCUT2D eigenvalue weighted by Gasteiger charge is -2.17. The van der Waals surface area contributed by atoms with Crippen LogP contribution in [0.3, 0.4) is 0 Å². The average Bonchev–Trinajstić information content (AvgIpc) is 2.58. The van der Waals surface area contributed by atoms with E-state index in [0.717, 1.165) is 0 Å². The normalized spacial score (nSPS) is 20.6. The lowest BCUT2D eigenvalue weighted by atomic mass is 10.3. The molecule has 0 N–H and O–H groups in total. The number of thioether (sulfide) groups is 1. The monoisotopic (exact) mass is 295 g/mol. The summed E-state index contributed by atoms with van der Waals surface area (Å²) in [5.74, 6) is -0.258. The summed E-state index contributed by atoms with van der Waals surface area (Å²) in [5, 5.41) is -0.580. The van der Waals surface area contributed by atoms with Crippen molar-refractivity contribution in [3.63, 3.8) is 0 Å². The molecule has 0 spiro atoms. The number of amides is 1. The number of carbonyl (C=O) groups excluding carboxylic acids is 1. The molecule has 1 aromatic carbocycles. The number of rotatable bonds is 2. The highest BCUT2D eigenvalue weighted by atomic mass is 35.5. The fraction of sp³-hybridized carbons (Fsp3) is 0.364. The van der Waals surface area contributed by atoms with Crippen LogP contribution >= 0.6 is 23.4 Å². The third-order valence-corrected chi connectivity index (χ3v) is 3.63. The van der Waals surface area contributed by atoms with E-state index in [1.807, 2.05) is 0 Å². The van der Waals surface area contributed by atoms with Gasteiger partial charge in [0.1, 0.15) is 5.38 Å². The number of carbonyl (C=O) groups is 1. The quantitative estimate of drug-likeness (QED) is 0.613. The largest absolute Gasteiger partial charge is 0.446 e. The second kappa shape index (κ2) is 5.01. The van der Waals surface area contributed by atoms with E-state index >= 15 is 0 Å². The van der Waals surface area contributed by atoms with Gasteiger partial charge in [0.2, 0.25) is 5.91 Å². The molecule has 0 aliphatic carbocycles. The maximum Gasteiger partial charge on any atom is 0.446 e. The van der Waals surface area contributed by atoms with Gasteiger partial charge in [0.15, 0.2) is 0 Å². The van der Waals surface area contributed by atoms with Crippen LogP contribution in [0, 0.1) is 0 Å². The molecule has 0 bridgehead atoms. The molecule has 1 heterocycles. The Labute approximate surface area is 111 Å². The molecule has 1 unspecified atom stereocenters. The maximum absolute atomic E-state index is 12.3. The van der Waals surface area contributed by atoms with Crippen molar-refractivity contribution in [1.29, 1.82) is 0 Å². The van der Waals surface area contributed by atoms with E-state index < -0.39 is 10.9 Å². The van der Waals surface area contributed by atoms with Crippen molar-refractivity contribution in [3.05, 3.63) is 24.3 Å². The molecule has 7 heteroatoms. The Morgan fingerprint density at radius 3 is 2.67 bits per heavy atom. The summed E-state index contributed by atoms with van der Waals surface area (Å²) in [4.78, 5) is 13.1. The summed E-state index contributed by atoms with van der Waals surface area (Å²) >= 11 is 5.58. The Balaban J connectivity index is 2.20. The van der Waals surface area contributed by atoms with E-state index in [4.69, 9.17) is 11.6 Å². The van der Waals surface area contributed by atoms with Crippen molar-refractivity contribution in [2.24, 2.45) is 0 Å². The van der Waals surface area contributed by atoms with Gasteiger partial charge in [0.05, 0.1) is 0 Å². The number of hydrogen-bond acceptors (Lipinski definition) is 2. The highest BCUT2D eigenvalue weighted by Crippen LogP contribution is 2.38. The van der Waals surface area contributed by atoms with Crippen molar-refractivity contribution in [2.45, 2.75) is 22.2 Å². The van der Waals surface area contributed by atoms with Crippen LogP contribution in [0.5, 0.6) is 0 Å². The Kier molecular flexibility index (Phi) is 3.77. The van der Waals surface area contributed by atoms with E-state index in [2.05, 4.69) is 0 Å². The number of halogens is 4. The minimum absolute atomic E-state index is 0.0609. The van der Waals surface area contributed by atoms with E-state index in [9.17, 15) is 18.0 Å². The second-order valence-electron chi connectivity index (χ2n) is 3.79. The lowest BCUT2D eigenvalue weighted by molar-refractivity contribution is -0.116. The molecule has 1 aliphatic heterocycles. The van der Waals surface area contributed by atoms with Crippen LogP contribution < -0.4 is 4.90 Å². The van der Waals surface area contributed by atoms with Crippen LogP contribution in [-0.2, 0) is 4.79 Å². The number of alkyl halides is 4. The molecule has 0 saturated carbocycles. The van der Waals surface area contributed by atoms with Gasteiger partial charge >= 0.3 is 5.51 Å². The molecule has 0 radical (unpaired) electrons. The summed E-state index contributed by atoms with van der Waals surface area (Å²) < 4.78 is 36.8. The SMILES string of the molecule is O=C1C(Cl)CCN1c1cccc(SC(F)(F)F)c1. The van der Waals surface area contributed by atoms with Crippen molar-refractivity contribution in [2.75, 3.05) is 11.4 Å². The van der Waals surface area contributed by atoms with Crippen LogP contribution in [0.15, 0.2) is 29.2 Å². The summed E-state index contributed by atoms with van der Waals surface area (Å²) in [7, 11) is 0. The lowest BCUT2D eigenvalue weighted by Crippen LogP contribution is -2.27. The predicted octanol–water partition coefficient (Wildman–Crippen LogP) is 3.64. The van der Waals surface area contributed by atoms with E-state index in [0.29, 0.717) is 18.7 Å². The zero-order valence-corrected chi connectivity index (χ0v) is 10.6.